The van der Waals surface area contributed by atoms with Gasteiger partial charge in [-0.1, -0.05) is 60.7 Å². The van der Waals surface area contributed by atoms with Crippen LogP contribution in [0.25, 0.3) is 11.3 Å². The largest absolute Gasteiger partial charge is 0.355 e. The third-order valence-electron chi connectivity index (χ3n) is 5.39. The van der Waals surface area contributed by atoms with E-state index < -0.39 is 0 Å². The fourth-order valence-corrected chi connectivity index (χ4v) is 3.78. The molecule has 1 amide bonds. The Labute approximate surface area is 171 Å². The van der Waals surface area contributed by atoms with Crippen molar-refractivity contribution in [2.75, 3.05) is 24.5 Å². The molecule has 5 nitrogen and oxygen atoms in total. The van der Waals surface area contributed by atoms with Gasteiger partial charge >= 0.3 is 0 Å². The van der Waals surface area contributed by atoms with Crippen molar-refractivity contribution in [1.82, 2.24) is 15.5 Å². The van der Waals surface area contributed by atoms with Gasteiger partial charge in [0.2, 0.25) is 5.91 Å². The molecule has 3 aromatic rings. The molecule has 1 aliphatic rings. The van der Waals surface area contributed by atoms with E-state index in [-0.39, 0.29) is 11.8 Å². The van der Waals surface area contributed by atoms with Gasteiger partial charge < -0.3 is 10.2 Å². The smallest absolute Gasteiger partial charge is 0.224 e. The van der Waals surface area contributed by atoms with Gasteiger partial charge in [0.05, 0.1) is 11.6 Å². The molecule has 1 saturated heterocycles. The number of nitrogens with zero attached hydrogens (tertiary/aromatic N) is 3. The monoisotopic (exact) mass is 386 g/mol. The molecule has 0 radical (unpaired) electrons. The van der Waals surface area contributed by atoms with Gasteiger partial charge in [0.25, 0.3) is 0 Å². The van der Waals surface area contributed by atoms with Crippen LogP contribution in [0.5, 0.6) is 0 Å². The zero-order valence-corrected chi connectivity index (χ0v) is 16.5. The van der Waals surface area contributed by atoms with Crippen molar-refractivity contribution in [3.05, 3.63) is 78.4 Å². The van der Waals surface area contributed by atoms with Crippen LogP contribution in [0.4, 0.5) is 5.82 Å². The van der Waals surface area contributed by atoms with Gasteiger partial charge in [-0.25, -0.2) is 0 Å². The van der Waals surface area contributed by atoms with Gasteiger partial charge in [-0.05, 0) is 37.0 Å². The molecule has 5 heteroatoms. The number of piperidine rings is 1. The lowest BCUT2D eigenvalue weighted by Crippen LogP contribution is -2.43. The first-order valence-electron chi connectivity index (χ1n) is 10.3. The maximum absolute atomic E-state index is 12.6. The molecule has 2 aromatic carbocycles. The lowest BCUT2D eigenvalue weighted by Gasteiger charge is -2.32. The highest BCUT2D eigenvalue weighted by molar-refractivity contribution is 5.79. The molecule has 2 heterocycles. The lowest BCUT2D eigenvalue weighted by atomic mass is 9.97. The average Bonchev–Trinajstić information content (AvgIpc) is 2.80. The predicted octanol–water partition coefficient (Wildman–Crippen LogP) is 3.72. The van der Waals surface area contributed by atoms with Crippen molar-refractivity contribution in [2.45, 2.75) is 19.3 Å². The van der Waals surface area contributed by atoms with E-state index in [1.807, 2.05) is 60.7 Å². The molecule has 0 saturated carbocycles. The molecule has 1 aliphatic heterocycles. The first-order valence-corrected chi connectivity index (χ1v) is 10.3. The molecule has 148 valence electrons. The Balaban J connectivity index is 1.32. The second kappa shape index (κ2) is 9.32. The average molecular weight is 386 g/mol. The number of carbonyl (C=O) groups is 1. The van der Waals surface area contributed by atoms with E-state index in [1.165, 1.54) is 5.56 Å². The van der Waals surface area contributed by atoms with Crippen molar-refractivity contribution in [3.63, 3.8) is 0 Å². The maximum atomic E-state index is 12.6. The molecule has 1 atom stereocenters. The van der Waals surface area contributed by atoms with Gasteiger partial charge in [-0.2, -0.15) is 0 Å². The molecule has 0 aliphatic carbocycles. The summed E-state index contributed by atoms with van der Waals surface area (Å²) in [5.74, 6) is 0.973. The molecule has 1 aromatic heterocycles. The topological polar surface area (TPSA) is 58.1 Å². The minimum atomic E-state index is -0.00452. The van der Waals surface area contributed by atoms with Gasteiger partial charge in [0.1, 0.15) is 0 Å². The Kier molecular flexibility index (Phi) is 6.15. The summed E-state index contributed by atoms with van der Waals surface area (Å²) in [5, 5.41) is 11.9. The summed E-state index contributed by atoms with van der Waals surface area (Å²) in [5.41, 5.74) is 3.16. The predicted molar refractivity (Wildman–Crippen MR) is 116 cm³/mol. The molecule has 4 rings (SSSR count). The van der Waals surface area contributed by atoms with E-state index in [2.05, 4.69) is 32.5 Å². The fraction of sp³-hybridized carbons (Fsp3) is 0.292. The number of hydrogen-bond acceptors (Lipinski definition) is 4. The first kappa shape index (κ1) is 19.1. The first-order chi connectivity index (χ1) is 14.3. The van der Waals surface area contributed by atoms with Crippen molar-refractivity contribution in [2.24, 2.45) is 5.92 Å². The standard InChI is InChI=1S/C24H26N4O/c29-24(25-16-15-19-8-3-1-4-9-19)21-12-7-17-28(18-21)23-14-13-22(26-27-23)20-10-5-2-6-11-20/h1-6,8-11,13-14,21H,7,12,15-18H2,(H,25,29). The van der Waals surface area contributed by atoms with Crippen LogP contribution >= 0.6 is 0 Å². The number of benzene rings is 2. The summed E-state index contributed by atoms with van der Waals surface area (Å²) in [6, 6.07) is 24.3. The summed E-state index contributed by atoms with van der Waals surface area (Å²) < 4.78 is 0. The Hall–Kier alpha value is -3.21. The summed E-state index contributed by atoms with van der Waals surface area (Å²) in [4.78, 5) is 14.8. The van der Waals surface area contributed by atoms with E-state index in [4.69, 9.17) is 0 Å². The Morgan fingerprint density at radius 1 is 0.966 bits per heavy atom. The van der Waals surface area contributed by atoms with Crippen LogP contribution in [-0.4, -0.2) is 35.7 Å². The van der Waals surface area contributed by atoms with E-state index >= 15 is 0 Å². The van der Waals surface area contributed by atoms with Crippen LogP contribution in [0.15, 0.2) is 72.8 Å². The van der Waals surface area contributed by atoms with E-state index in [0.29, 0.717) is 13.1 Å². The Morgan fingerprint density at radius 2 is 1.72 bits per heavy atom. The normalized spacial score (nSPS) is 16.4. The zero-order chi connectivity index (χ0) is 19.9. The third-order valence-corrected chi connectivity index (χ3v) is 5.39. The molecule has 1 unspecified atom stereocenters. The van der Waals surface area contributed by atoms with Crippen LogP contribution in [0.1, 0.15) is 18.4 Å². The van der Waals surface area contributed by atoms with Crippen molar-refractivity contribution >= 4 is 11.7 Å². The highest BCUT2D eigenvalue weighted by Crippen LogP contribution is 2.23. The van der Waals surface area contributed by atoms with E-state index in [1.54, 1.807) is 0 Å². The van der Waals surface area contributed by atoms with Gasteiger partial charge in [-0.3, -0.25) is 4.79 Å². The van der Waals surface area contributed by atoms with Crippen LogP contribution in [0.3, 0.4) is 0 Å². The Bertz CT molecular complexity index is 913. The molecule has 0 spiro atoms. The molecular formula is C24H26N4O. The summed E-state index contributed by atoms with van der Waals surface area (Å²) in [7, 11) is 0. The number of hydrogen-bond donors (Lipinski definition) is 1. The second-order valence-electron chi connectivity index (χ2n) is 7.45. The number of carbonyl (C=O) groups excluding carboxylic acids is 1. The molecule has 29 heavy (non-hydrogen) atoms. The summed E-state index contributed by atoms with van der Waals surface area (Å²) >= 11 is 0. The SMILES string of the molecule is O=C(NCCc1ccccc1)C1CCCN(c2ccc(-c3ccccc3)nn2)C1. The van der Waals surface area contributed by atoms with Crippen LogP contribution in [0.2, 0.25) is 0 Å². The highest BCUT2D eigenvalue weighted by Gasteiger charge is 2.26. The minimum Gasteiger partial charge on any atom is -0.355 e. The van der Waals surface area contributed by atoms with E-state index in [9.17, 15) is 4.79 Å². The number of rotatable bonds is 6. The zero-order valence-electron chi connectivity index (χ0n) is 16.5. The second-order valence-corrected chi connectivity index (χ2v) is 7.45. The van der Waals surface area contributed by atoms with Gasteiger partial charge in [0.15, 0.2) is 5.82 Å². The highest BCUT2D eigenvalue weighted by atomic mass is 16.1. The van der Waals surface area contributed by atoms with Crippen molar-refractivity contribution in [3.8, 4) is 11.3 Å². The van der Waals surface area contributed by atoms with Gasteiger partial charge in [-0.15, -0.1) is 10.2 Å². The quantitative estimate of drug-likeness (QED) is 0.701. The van der Waals surface area contributed by atoms with E-state index in [0.717, 1.165) is 42.9 Å². The molecule has 0 bridgehead atoms. The molecule has 1 N–H and O–H groups in total. The number of nitrogens with one attached hydrogen (secondary N) is 1. The van der Waals surface area contributed by atoms with Gasteiger partial charge in [0, 0.05) is 25.2 Å². The maximum Gasteiger partial charge on any atom is 0.224 e. The number of anilines is 1. The third kappa shape index (κ3) is 4.99. The summed E-state index contributed by atoms with van der Waals surface area (Å²) in [6.45, 7) is 2.27. The minimum absolute atomic E-state index is 0.00452. The fourth-order valence-electron chi connectivity index (χ4n) is 3.78. The lowest BCUT2D eigenvalue weighted by molar-refractivity contribution is -0.125. The summed E-state index contributed by atoms with van der Waals surface area (Å²) in [6.07, 6.45) is 2.76. The number of aromatic nitrogens is 2. The van der Waals surface area contributed by atoms with Crippen LogP contribution < -0.4 is 10.2 Å². The van der Waals surface area contributed by atoms with Crippen LogP contribution in [0, 0.1) is 5.92 Å². The van der Waals surface area contributed by atoms with Crippen LogP contribution in [-0.2, 0) is 11.2 Å². The number of amides is 1. The van der Waals surface area contributed by atoms with Crippen molar-refractivity contribution < 1.29 is 4.79 Å². The molecule has 1 fully saturated rings. The molecular weight excluding hydrogens is 360 g/mol. The Morgan fingerprint density at radius 3 is 2.45 bits per heavy atom. The van der Waals surface area contributed by atoms with Crippen molar-refractivity contribution in [1.29, 1.82) is 0 Å².